The van der Waals surface area contributed by atoms with Gasteiger partial charge in [-0.25, -0.2) is 0 Å². The Morgan fingerprint density at radius 3 is 2.62 bits per heavy atom. The molecule has 0 heterocycles. The SMILES string of the molecule is COC1CC(c2ccccc2)CCC1C#N. The fourth-order valence-corrected chi connectivity index (χ4v) is 2.57. The highest BCUT2D eigenvalue weighted by Crippen LogP contribution is 2.36. The summed E-state index contributed by atoms with van der Waals surface area (Å²) >= 11 is 0. The molecule has 1 aromatic rings. The molecule has 0 N–H and O–H groups in total. The van der Waals surface area contributed by atoms with Gasteiger partial charge in [0.05, 0.1) is 18.1 Å². The lowest BCUT2D eigenvalue weighted by atomic mass is 9.77. The molecule has 1 aromatic carbocycles. The summed E-state index contributed by atoms with van der Waals surface area (Å²) in [6, 6.07) is 12.9. The molecule has 0 aliphatic heterocycles. The fourth-order valence-electron chi connectivity index (χ4n) is 2.57. The summed E-state index contributed by atoms with van der Waals surface area (Å²) in [6.45, 7) is 0. The zero-order valence-corrected chi connectivity index (χ0v) is 9.60. The topological polar surface area (TPSA) is 33.0 Å². The lowest BCUT2D eigenvalue weighted by Crippen LogP contribution is -2.29. The van der Waals surface area contributed by atoms with Crippen molar-refractivity contribution in [2.75, 3.05) is 7.11 Å². The van der Waals surface area contributed by atoms with E-state index in [1.165, 1.54) is 5.56 Å². The Labute approximate surface area is 96.9 Å². The van der Waals surface area contributed by atoms with Crippen LogP contribution in [0.1, 0.15) is 30.7 Å². The minimum atomic E-state index is 0.0740. The van der Waals surface area contributed by atoms with E-state index in [1.54, 1.807) is 7.11 Å². The Morgan fingerprint density at radius 1 is 1.25 bits per heavy atom. The first-order valence-electron chi connectivity index (χ1n) is 5.82. The summed E-state index contributed by atoms with van der Waals surface area (Å²) in [7, 11) is 1.71. The first-order valence-corrected chi connectivity index (χ1v) is 5.82. The summed E-state index contributed by atoms with van der Waals surface area (Å²) in [4.78, 5) is 0. The molecule has 0 saturated heterocycles. The van der Waals surface area contributed by atoms with Gasteiger partial charge in [0.25, 0.3) is 0 Å². The number of ether oxygens (including phenoxy) is 1. The number of methoxy groups -OCH3 is 1. The predicted molar refractivity (Wildman–Crippen MR) is 62.9 cm³/mol. The number of nitriles is 1. The van der Waals surface area contributed by atoms with Gasteiger partial charge < -0.3 is 4.74 Å². The normalized spacial score (nSPS) is 29.6. The highest BCUT2D eigenvalue weighted by atomic mass is 16.5. The third-order valence-corrected chi connectivity index (χ3v) is 3.53. The fraction of sp³-hybridized carbons (Fsp3) is 0.500. The number of nitrogens with zero attached hydrogens (tertiary/aromatic N) is 1. The molecule has 84 valence electrons. The van der Waals surface area contributed by atoms with Crippen molar-refractivity contribution < 1.29 is 4.74 Å². The van der Waals surface area contributed by atoms with Crippen molar-refractivity contribution in [3.8, 4) is 6.07 Å². The van der Waals surface area contributed by atoms with E-state index < -0.39 is 0 Å². The Kier molecular flexibility index (Phi) is 3.58. The van der Waals surface area contributed by atoms with Gasteiger partial charge in [-0.2, -0.15) is 5.26 Å². The van der Waals surface area contributed by atoms with Gasteiger partial charge in [0.1, 0.15) is 0 Å². The van der Waals surface area contributed by atoms with Crippen LogP contribution in [-0.4, -0.2) is 13.2 Å². The van der Waals surface area contributed by atoms with Gasteiger partial charge in [0.15, 0.2) is 0 Å². The maximum Gasteiger partial charge on any atom is 0.0735 e. The van der Waals surface area contributed by atoms with E-state index in [2.05, 4.69) is 30.3 Å². The monoisotopic (exact) mass is 215 g/mol. The van der Waals surface area contributed by atoms with Crippen LogP contribution >= 0.6 is 0 Å². The van der Waals surface area contributed by atoms with Gasteiger partial charge in [-0.05, 0) is 30.7 Å². The van der Waals surface area contributed by atoms with Crippen molar-refractivity contribution in [2.45, 2.75) is 31.3 Å². The minimum absolute atomic E-state index is 0.0740. The quantitative estimate of drug-likeness (QED) is 0.759. The molecule has 1 saturated carbocycles. The molecule has 1 aliphatic rings. The first-order chi connectivity index (χ1) is 7.85. The van der Waals surface area contributed by atoms with Crippen LogP contribution in [0.3, 0.4) is 0 Å². The van der Waals surface area contributed by atoms with Crippen LogP contribution in [0, 0.1) is 17.2 Å². The van der Waals surface area contributed by atoms with Crippen molar-refractivity contribution in [1.29, 1.82) is 5.26 Å². The van der Waals surface area contributed by atoms with Crippen molar-refractivity contribution >= 4 is 0 Å². The highest BCUT2D eigenvalue weighted by molar-refractivity contribution is 5.20. The zero-order chi connectivity index (χ0) is 11.4. The maximum absolute atomic E-state index is 9.02. The number of rotatable bonds is 2. The maximum atomic E-state index is 9.02. The standard InChI is InChI=1S/C14H17NO/c1-16-14-9-12(7-8-13(14)10-15)11-5-3-2-4-6-11/h2-6,12-14H,7-9H2,1H3. The predicted octanol–water partition coefficient (Wildman–Crippen LogP) is 3.11. The van der Waals surface area contributed by atoms with Crippen LogP contribution in [0.4, 0.5) is 0 Å². The van der Waals surface area contributed by atoms with Gasteiger partial charge >= 0.3 is 0 Å². The molecule has 2 heteroatoms. The summed E-state index contributed by atoms with van der Waals surface area (Å²) < 4.78 is 5.42. The van der Waals surface area contributed by atoms with E-state index in [4.69, 9.17) is 10.00 Å². The number of hydrogen-bond acceptors (Lipinski definition) is 2. The van der Waals surface area contributed by atoms with Gasteiger partial charge in [-0.1, -0.05) is 30.3 Å². The molecule has 1 fully saturated rings. The molecule has 0 amide bonds. The molecule has 2 rings (SSSR count). The second kappa shape index (κ2) is 5.14. The largest absolute Gasteiger partial charge is 0.380 e. The molecule has 0 aromatic heterocycles. The van der Waals surface area contributed by atoms with E-state index in [9.17, 15) is 0 Å². The summed E-state index contributed by atoms with van der Waals surface area (Å²) in [6.07, 6.45) is 3.12. The smallest absolute Gasteiger partial charge is 0.0735 e. The summed E-state index contributed by atoms with van der Waals surface area (Å²) in [5.74, 6) is 0.626. The van der Waals surface area contributed by atoms with Gasteiger partial charge in [-0.3, -0.25) is 0 Å². The summed E-state index contributed by atoms with van der Waals surface area (Å²) in [5, 5.41) is 9.02. The Morgan fingerprint density at radius 2 is 2.00 bits per heavy atom. The lowest BCUT2D eigenvalue weighted by Gasteiger charge is -2.31. The van der Waals surface area contributed by atoms with E-state index in [1.807, 2.05) is 6.07 Å². The van der Waals surface area contributed by atoms with Crippen LogP contribution in [0.25, 0.3) is 0 Å². The van der Waals surface area contributed by atoms with Crippen molar-refractivity contribution in [3.05, 3.63) is 35.9 Å². The third kappa shape index (κ3) is 2.25. The molecular weight excluding hydrogens is 198 g/mol. The molecule has 3 unspecified atom stereocenters. The molecule has 0 radical (unpaired) electrons. The van der Waals surface area contributed by atoms with Crippen molar-refractivity contribution in [1.82, 2.24) is 0 Å². The molecule has 16 heavy (non-hydrogen) atoms. The van der Waals surface area contributed by atoms with Crippen molar-refractivity contribution in [3.63, 3.8) is 0 Å². The Bertz CT molecular complexity index is 368. The molecule has 0 spiro atoms. The van der Waals surface area contributed by atoms with Crippen LogP contribution in [-0.2, 0) is 4.74 Å². The molecule has 0 bridgehead atoms. The van der Waals surface area contributed by atoms with E-state index in [0.717, 1.165) is 19.3 Å². The second-order valence-corrected chi connectivity index (χ2v) is 4.43. The van der Waals surface area contributed by atoms with Gasteiger partial charge in [0.2, 0.25) is 0 Å². The number of benzene rings is 1. The van der Waals surface area contributed by atoms with Gasteiger partial charge in [-0.15, -0.1) is 0 Å². The van der Waals surface area contributed by atoms with Crippen molar-refractivity contribution in [2.24, 2.45) is 5.92 Å². The van der Waals surface area contributed by atoms with E-state index in [0.29, 0.717) is 5.92 Å². The lowest BCUT2D eigenvalue weighted by molar-refractivity contribution is 0.0367. The van der Waals surface area contributed by atoms with Gasteiger partial charge in [0, 0.05) is 7.11 Å². The Hall–Kier alpha value is -1.33. The third-order valence-electron chi connectivity index (χ3n) is 3.53. The zero-order valence-electron chi connectivity index (χ0n) is 9.60. The molecular formula is C14H17NO. The molecule has 1 aliphatic carbocycles. The van der Waals surface area contributed by atoms with E-state index >= 15 is 0 Å². The average Bonchev–Trinajstić information content (AvgIpc) is 2.39. The molecule has 3 atom stereocenters. The number of hydrogen-bond donors (Lipinski definition) is 0. The second-order valence-electron chi connectivity index (χ2n) is 4.43. The van der Waals surface area contributed by atoms with Crippen LogP contribution < -0.4 is 0 Å². The van der Waals surface area contributed by atoms with Crippen LogP contribution in [0.5, 0.6) is 0 Å². The minimum Gasteiger partial charge on any atom is -0.380 e. The Balaban J connectivity index is 2.08. The highest BCUT2D eigenvalue weighted by Gasteiger charge is 2.31. The average molecular weight is 215 g/mol. The van der Waals surface area contributed by atoms with Crippen LogP contribution in [0.15, 0.2) is 30.3 Å². The first kappa shape index (κ1) is 11.2. The molecule has 2 nitrogen and oxygen atoms in total. The van der Waals surface area contributed by atoms with Crippen LogP contribution in [0.2, 0.25) is 0 Å². The summed E-state index contributed by atoms with van der Waals surface area (Å²) in [5.41, 5.74) is 1.38. The van der Waals surface area contributed by atoms with E-state index in [-0.39, 0.29) is 12.0 Å².